The Morgan fingerprint density at radius 1 is 1.67 bits per heavy atom. The van der Waals surface area contributed by atoms with Gasteiger partial charge < -0.3 is 5.73 Å². The van der Waals surface area contributed by atoms with Crippen molar-refractivity contribution in [2.24, 2.45) is 11.7 Å². The fourth-order valence-corrected chi connectivity index (χ4v) is 2.67. The lowest BCUT2D eigenvalue weighted by Crippen LogP contribution is -2.22. The third-order valence-electron chi connectivity index (χ3n) is 2.13. The number of hydrogen-bond acceptors (Lipinski definition) is 5. The second-order valence-electron chi connectivity index (χ2n) is 2.92. The summed E-state index contributed by atoms with van der Waals surface area (Å²) < 4.78 is 0. The lowest BCUT2D eigenvalue weighted by Gasteiger charge is -2.13. The quantitative estimate of drug-likeness (QED) is 0.675. The van der Waals surface area contributed by atoms with Crippen molar-refractivity contribution in [2.45, 2.75) is 12.5 Å². The molecule has 1 aromatic heterocycles. The number of aromatic amines is 1. The van der Waals surface area contributed by atoms with Gasteiger partial charge in [-0.25, -0.2) is 0 Å². The van der Waals surface area contributed by atoms with Gasteiger partial charge in [0, 0.05) is 0 Å². The van der Waals surface area contributed by atoms with Gasteiger partial charge in [-0.1, -0.05) is 5.21 Å². The molecule has 12 heavy (non-hydrogen) atoms. The number of tetrazole rings is 1. The molecule has 2 unspecified atom stereocenters. The monoisotopic (exact) mass is 185 g/mol. The first kappa shape index (κ1) is 8.00. The molecule has 5 nitrogen and oxygen atoms in total. The van der Waals surface area contributed by atoms with Gasteiger partial charge in [0.1, 0.15) is 0 Å². The van der Waals surface area contributed by atoms with Gasteiger partial charge in [-0.2, -0.15) is 17.0 Å². The van der Waals surface area contributed by atoms with Gasteiger partial charge in [0.15, 0.2) is 5.82 Å². The summed E-state index contributed by atoms with van der Waals surface area (Å²) in [5, 5.41) is 13.7. The van der Waals surface area contributed by atoms with Crippen LogP contribution in [0, 0.1) is 5.92 Å². The van der Waals surface area contributed by atoms with E-state index in [9.17, 15) is 0 Å². The largest absolute Gasteiger partial charge is 0.321 e. The summed E-state index contributed by atoms with van der Waals surface area (Å²) in [5.74, 6) is 3.49. The molecule has 0 amide bonds. The van der Waals surface area contributed by atoms with E-state index in [1.807, 2.05) is 11.8 Å². The van der Waals surface area contributed by atoms with E-state index in [-0.39, 0.29) is 6.04 Å². The first-order valence-electron chi connectivity index (χ1n) is 3.94. The van der Waals surface area contributed by atoms with E-state index in [0.29, 0.717) is 11.7 Å². The van der Waals surface area contributed by atoms with Crippen molar-refractivity contribution in [1.29, 1.82) is 0 Å². The fraction of sp³-hybridized carbons (Fsp3) is 0.833. The van der Waals surface area contributed by atoms with Gasteiger partial charge in [-0.3, -0.25) is 0 Å². The van der Waals surface area contributed by atoms with Gasteiger partial charge in [-0.05, 0) is 23.8 Å². The van der Waals surface area contributed by atoms with Crippen molar-refractivity contribution in [3.05, 3.63) is 5.82 Å². The minimum Gasteiger partial charge on any atom is -0.321 e. The van der Waals surface area contributed by atoms with Crippen LogP contribution >= 0.6 is 11.8 Å². The van der Waals surface area contributed by atoms with Crippen LogP contribution in [-0.4, -0.2) is 32.1 Å². The Balaban J connectivity index is 2.04. The SMILES string of the molecule is NC(c1nn[nH]n1)C1CCSC1. The minimum atomic E-state index is -0.0428. The number of nitrogens with one attached hydrogen (secondary N) is 1. The van der Waals surface area contributed by atoms with E-state index in [1.165, 1.54) is 12.2 Å². The van der Waals surface area contributed by atoms with Crippen molar-refractivity contribution in [2.75, 3.05) is 11.5 Å². The van der Waals surface area contributed by atoms with Crippen molar-refractivity contribution >= 4 is 11.8 Å². The van der Waals surface area contributed by atoms with Gasteiger partial charge in [0.25, 0.3) is 0 Å². The highest BCUT2D eigenvalue weighted by molar-refractivity contribution is 7.99. The number of rotatable bonds is 2. The zero-order valence-corrected chi connectivity index (χ0v) is 7.42. The van der Waals surface area contributed by atoms with Crippen LogP contribution in [-0.2, 0) is 0 Å². The highest BCUT2D eigenvalue weighted by Crippen LogP contribution is 2.30. The van der Waals surface area contributed by atoms with Crippen LogP contribution < -0.4 is 5.73 Å². The van der Waals surface area contributed by atoms with Crippen LogP contribution in [0.4, 0.5) is 0 Å². The van der Waals surface area contributed by atoms with Gasteiger partial charge in [-0.15, -0.1) is 10.2 Å². The molecule has 0 spiro atoms. The maximum absolute atomic E-state index is 5.95. The maximum Gasteiger partial charge on any atom is 0.191 e. The van der Waals surface area contributed by atoms with Crippen molar-refractivity contribution in [3.8, 4) is 0 Å². The molecule has 1 saturated heterocycles. The molecular weight excluding hydrogens is 174 g/mol. The normalized spacial score (nSPS) is 25.9. The van der Waals surface area contributed by atoms with Crippen LogP contribution in [0.1, 0.15) is 18.3 Å². The van der Waals surface area contributed by atoms with Crippen molar-refractivity contribution < 1.29 is 0 Å². The average molecular weight is 185 g/mol. The lowest BCUT2D eigenvalue weighted by molar-refractivity contribution is 0.462. The van der Waals surface area contributed by atoms with E-state index < -0.39 is 0 Å². The third-order valence-corrected chi connectivity index (χ3v) is 3.32. The Kier molecular flexibility index (Phi) is 2.27. The lowest BCUT2D eigenvalue weighted by atomic mass is 10.00. The van der Waals surface area contributed by atoms with E-state index >= 15 is 0 Å². The van der Waals surface area contributed by atoms with E-state index in [1.54, 1.807) is 0 Å². The Hall–Kier alpha value is -0.620. The number of aromatic nitrogens is 4. The molecule has 1 fully saturated rings. The number of H-pyrrole nitrogens is 1. The fourth-order valence-electron chi connectivity index (χ4n) is 1.36. The summed E-state index contributed by atoms with van der Waals surface area (Å²) in [6.07, 6.45) is 1.17. The molecule has 3 N–H and O–H groups in total. The maximum atomic E-state index is 5.95. The van der Waals surface area contributed by atoms with Crippen LogP contribution in [0.25, 0.3) is 0 Å². The molecule has 2 atom stereocenters. The molecule has 0 bridgehead atoms. The highest BCUT2D eigenvalue weighted by Gasteiger charge is 2.26. The third kappa shape index (κ3) is 1.44. The van der Waals surface area contributed by atoms with Crippen LogP contribution in [0.15, 0.2) is 0 Å². The smallest absolute Gasteiger partial charge is 0.191 e. The van der Waals surface area contributed by atoms with E-state index in [2.05, 4.69) is 20.6 Å². The molecule has 6 heteroatoms. The molecule has 0 saturated carbocycles. The van der Waals surface area contributed by atoms with E-state index in [0.717, 1.165) is 5.75 Å². The minimum absolute atomic E-state index is 0.0428. The molecule has 0 aromatic carbocycles. The summed E-state index contributed by atoms with van der Waals surface area (Å²) in [7, 11) is 0. The Morgan fingerprint density at radius 3 is 3.17 bits per heavy atom. The summed E-state index contributed by atoms with van der Waals surface area (Å²) in [5.41, 5.74) is 5.95. The average Bonchev–Trinajstić information content (AvgIpc) is 2.77. The predicted octanol–water partition coefficient (Wildman–Crippen LogP) is -0.0474. The summed E-state index contributed by atoms with van der Waals surface area (Å²) in [6.45, 7) is 0. The van der Waals surface area contributed by atoms with E-state index in [4.69, 9.17) is 5.73 Å². The highest BCUT2D eigenvalue weighted by atomic mass is 32.2. The van der Waals surface area contributed by atoms with Crippen LogP contribution in [0.5, 0.6) is 0 Å². The number of hydrogen-bond donors (Lipinski definition) is 2. The zero-order valence-electron chi connectivity index (χ0n) is 6.60. The molecule has 66 valence electrons. The summed E-state index contributed by atoms with van der Waals surface area (Å²) >= 11 is 1.94. The van der Waals surface area contributed by atoms with Crippen LogP contribution in [0.3, 0.4) is 0 Å². The summed E-state index contributed by atoms with van der Waals surface area (Å²) in [6, 6.07) is -0.0428. The van der Waals surface area contributed by atoms with Crippen molar-refractivity contribution in [1.82, 2.24) is 20.6 Å². The number of nitrogens with two attached hydrogens (primary N) is 1. The predicted molar refractivity (Wildman–Crippen MR) is 46.5 cm³/mol. The molecule has 2 heterocycles. The zero-order chi connectivity index (χ0) is 8.39. The Bertz CT molecular complexity index is 230. The van der Waals surface area contributed by atoms with Gasteiger partial charge in [0.2, 0.25) is 0 Å². The first-order valence-corrected chi connectivity index (χ1v) is 5.10. The van der Waals surface area contributed by atoms with Crippen LogP contribution in [0.2, 0.25) is 0 Å². The second-order valence-corrected chi connectivity index (χ2v) is 4.07. The molecule has 1 aliphatic heterocycles. The molecule has 2 rings (SSSR count). The molecule has 0 aliphatic carbocycles. The standard InChI is InChI=1S/C6H11N5S/c7-5(4-1-2-12-3-4)6-8-10-11-9-6/h4-5H,1-3,7H2,(H,8,9,10,11). The summed E-state index contributed by atoms with van der Waals surface area (Å²) in [4.78, 5) is 0. The van der Waals surface area contributed by atoms with Crippen molar-refractivity contribution in [3.63, 3.8) is 0 Å². The molecule has 1 aromatic rings. The second kappa shape index (κ2) is 3.40. The Morgan fingerprint density at radius 2 is 2.58 bits per heavy atom. The number of nitrogens with zero attached hydrogens (tertiary/aromatic N) is 3. The Labute approximate surface area is 74.5 Å². The molecular formula is C6H11N5S. The first-order chi connectivity index (χ1) is 5.88. The number of thioether (sulfide) groups is 1. The van der Waals surface area contributed by atoms with Gasteiger partial charge in [0.05, 0.1) is 6.04 Å². The molecule has 0 radical (unpaired) electrons. The molecule has 1 aliphatic rings. The van der Waals surface area contributed by atoms with Gasteiger partial charge >= 0.3 is 0 Å². The topological polar surface area (TPSA) is 80.5 Å².